The number of hydrogen-bond acceptors (Lipinski definition) is 6. The Labute approximate surface area is 121 Å². The summed E-state index contributed by atoms with van der Waals surface area (Å²) >= 11 is 0. The van der Waals surface area contributed by atoms with Gasteiger partial charge in [0, 0.05) is 6.07 Å². The van der Waals surface area contributed by atoms with Crippen LogP contribution in [0.5, 0.6) is 0 Å². The zero-order valence-corrected chi connectivity index (χ0v) is 12.0. The maximum atomic E-state index is 11.6. The van der Waals surface area contributed by atoms with Gasteiger partial charge in [-0.15, -0.1) is 0 Å². The van der Waals surface area contributed by atoms with Crippen LogP contribution in [0.25, 0.3) is 5.69 Å². The van der Waals surface area contributed by atoms with E-state index in [1.54, 1.807) is 6.92 Å². The summed E-state index contributed by atoms with van der Waals surface area (Å²) in [5.41, 5.74) is 6.35. The first-order valence-corrected chi connectivity index (χ1v) is 7.53. The van der Waals surface area contributed by atoms with E-state index in [9.17, 15) is 13.2 Å². The molecule has 8 nitrogen and oxygen atoms in total. The van der Waals surface area contributed by atoms with Crippen LogP contribution in [0, 0.1) is 0 Å². The monoisotopic (exact) mass is 310 g/mol. The molecule has 2 rings (SSSR count). The van der Waals surface area contributed by atoms with Gasteiger partial charge in [-0.05, 0) is 31.2 Å². The highest BCUT2D eigenvalue weighted by atomic mass is 32.2. The van der Waals surface area contributed by atoms with Crippen molar-refractivity contribution in [2.75, 3.05) is 12.3 Å². The van der Waals surface area contributed by atoms with Gasteiger partial charge in [-0.3, -0.25) is 0 Å². The van der Waals surface area contributed by atoms with Gasteiger partial charge < -0.3 is 10.5 Å². The summed E-state index contributed by atoms with van der Waals surface area (Å²) in [5.74, 6) is -0.356. The van der Waals surface area contributed by atoms with Gasteiger partial charge in [0.2, 0.25) is 10.0 Å². The van der Waals surface area contributed by atoms with E-state index in [1.807, 2.05) is 0 Å². The molecule has 0 aliphatic rings. The number of carbonyl (C=O) groups is 1. The van der Waals surface area contributed by atoms with Crippen molar-refractivity contribution in [2.24, 2.45) is 5.14 Å². The minimum atomic E-state index is -3.76. The molecule has 1 aromatic heterocycles. The number of nitrogen functional groups attached to an aromatic ring is 1. The number of sulfonamides is 1. The molecule has 4 N–H and O–H groups in total. The van der Waals surface area contributed by atoms with Gasteiger partial charge >= 0.3 is 5.97 Å². The molecule has 0 saturated carbocycles. The number of hydrogen-bond donors (Lipinski definition) is 2. The molecular formula is C12H14N4O4S. The predicted molar refractivity (Wildman–Crippen MR) is 75.3 cm³/mol. The molecule has 0 spiro atoms. The Bertz CT molecular complexity index is 765. The van der Waals surface area contributed by atoms with Crippen molar-refractivity contribution in [3.05, 3.63) is 36.0 Å². The molecule has 21 heavy (non-hydrogen) atoms. The summed E-state index contributed by atoms with van der Waals surface area (Å²) in [6.07, 6.45) is 0. The lowest BCUT2D eigenvalue weighted by Gasteiger charge is -2.04. The fourth-order valence-electron chi connectivity index (χ4n) is 1.68. The fourth-order valence-corrected chi connectivity index (χ4v) is 2.20. The number of carbonyl (C=O) groups excluding carboxylic acids is 1. The largest absolute Gasteiger partial charge is 0.461 e. The van der Waals surface area contributed by atoms with Crippen molar-refractivity contribution >= 4 is 21.8 Å². The number of esters is 1. The van der Waals surface area contributed by atoms with Gasteiger partial charge in [0.05, 0.1) is 17.2 Å². The second kappa shape index (κ2) is 5.54. The summed E-state index contributed by atoms with van der Waals surface area (Å²) in [6.45, 7) is 1.92. The highest BCUT2D eigenvalue weighted by molar-refractivity contribution is 7.89. The standard InChI is InChI=1S/C12H14N4O4S/c1-2-20-12(17)10-7-11(13)16(15-10)8-3-5-9(6-4-8)21(14,18)19/h3-7H,2,13H2,1H3,(H2,14,18,19). The van der Waals surface area contributed by atoms with E-state index in [-0.39, 0.29) is 23.0 Å². The molecule has 0 radical (unpaired) electrons. The van der Waals surface area contributed by atoms with E-state index in [0.29, 0.717) is 5.69 Å². The Morgan fingerprint density at radius 1 is 1.33 bits per heavy atom. The molecule has 0 amide bonds. The smallest absolute Gasteiger partial charge is 0.358 e. The van der Waals surface area contributed by atoms with E-state index in [0.717, 1.165) is 0 Å². The van der Waals surface area contributed by atoms with E-state index in [2.05, 4.69) is 5.10 Å². The number of rotatable bonds is 4. The van der Waals surface area contributed by atoms with Crippen molar-refractivity contribution in [3.8, 4) is 5.69 Å². The maximum Gasteiger partial charge on any atom is 0.358 e. The highest BCUT2D eigenvalue weighted by Gasteiger charge is 2.15. The molecule has 0 atom stereocenters. The topological polar surface area (TPSA) is 130 Å². The number of nitrogens with zero attached hydrogens (tertiary/aromatic N) is 2. The Morgan fingerprint density at radius 2 is 1.95 bits per heavy atom. The molecule has 9 heteroatoms. The van der Waals surface area contributed by atoms with Crippen LogP contribution in [0.15, 0.2) is 35.2 Å². The summed E-state index contributed by atoms with van der Waals surface area (Å²) in [4.78, 5) is 11.6. The van der Waals surface area contributed by atoms with Crippen LogP contribution < -0.4 is 10.9 Å². The first-order chi connectivity index (χ1) is 9.82. The van der Waals surface area contributed by atoms with Crippen molar-refractivity contribution in [1.29, 1.82) is 0 Å². The average Bonchev–Trinajstić information content (AvgIpc) is 2.80. The number of nitrogens with two attached hydrogens (primary N) is 2. The van der Waals surface area contributed by atoms with E-state index in [4.69, 9.17) is 15.6 Å². The minimum absolute atomic E-state index is 0.0254. The lowest BCUT2D eigenvalue weighted by molar-refractivity contribution is 0.0519. The number of benzene rings is 1. The average molecular weight is 310 g/mol. The Balaban J connectivity index is 2.36. The molecule has 0 saturated heterocycles. The van der Waals surface area contributed by atoms with Crippen LogP contribution in [0.4, 0.5) is 5.82 Å². The van der Waals surface area contributed by atoms with Gasteiger partial charge in [-0.1, -0.05) is 0 Å². The summed E-state index contributed by atoms with van der Waals surface area (Å²) in [7, 11) is -3.76. The predicted octanol–water partition coefficient (Wildman–Crippen LogP) is 0.279. The number of aromatic nitrogens is 2. The Morgan fingerprint density at radius 3 is 2.48 bits per heavy atom. The zero-order valence-electron chi connectivity index (χ0n) is 11.2. The van der Waals surface area contributed by atoms with Crippen LogP contribution in [-0.4, -0.2) is 30.8 Å². The maximum absolute atomic E-state index is 11.6. The summed E-state index contributed by atoms with van der Waals surface area (Å²) < 4.78 is 28.5. The van der Waals surface area contributed by atoms with E-state index in [1.165, 1.54) is 35.0 Å². The van der Waals surface area contributed by atoms with Gasteiger partial charge in [0.25, 0.3) is 0 Å². The summed E-state index contributed by atoms with van der Waals surface area (Å²) in [5, 5.41) is 9.04. The van der Waals surface area contributed by atoms with Crippen LogP contribution in [0.2, 0.25) is 0 Å². The van der Waals surface area contributed by atoms with E-state index >= 15 is 0 Å². The Kier molecular flexibility index (Phi) is 3.96. The number of ether oxygens (including phenoxy) is 1. The second-order valence-electron chi connectivity index (χ2n) is 4.13. The normalized spacial score (nSPS) is 11.3. The van der Waals surface area contributed by atoms with Crippen LogP contribution >= 0.6 is 0 Å². The quantitative estimate of drug-likeness (QED) is 0.780. The van der Waals surface area contributed by atoms with Crippen LogP contribution in [0.1, 0.15) is 17.4 Å². The van der Waals surface area contributed by atoms with Gasteiger partial charge in [-0.2, -0.15) is 5.10 Å². The molecule has 0 aliphatic carbocycles. The van der Waals surface area contributed by atoms with Crippen molar-refractivity contribution < 1.29 is 17.9 Å². The molecular weight excluding hydrogens is 296 g/mol. The second-order valence-corrected chi connectivity index (χ2v) is 5.69. The third-order valence-electron chi connectivity index (χ3n) is 2.63. The van der Waals surface area contributed by atoms with Crippen LogP contribution in [-0.2, 0) is 14.8 Å². The SMILES string of the molecule is CCOC(=O)c1cc(N)n(-c2ccc(S(N)(=O)=O)cc2)n1. The lowest BCUT2D eigenvalue weighted by atomic mass is 10.3. The molecule has 1 aromatic carbocycles. The first kappa shape index (κ1) is 15.0. The molecule has 0 aliphatic heterocycles. The third kappa shape index (κ3) is 3.20. The van der Waals surface area contributed by atoms with Crippen molar-refractivity contribution in [1.82, 2.24) is 9.78 Å². The highest BCUT2D eigenvalue weighted by Crippen LogP contribution is 2.17. The molecule has 0 fully saturated rings. The summed E-state index contributed by atoms with van der Waals surface area (Å²) in [6, 6.07) is 7.01. The Hall–Kier alpha value is -2.39. The minimum Gasteiger partial charge on any atom is -0.461 e. The number of primary sulfonamides is 1. The van der Waals surface area contributed by atoms with Gasteiger partial charge in [-0.25, -0.2) is 23.0 Å². The molecule has 2 aromatic rings. The molecule has 1 heterocycles. The van der Waals surface area contributed by atoms with Crippen LogP contribution in [0.3, 0.4) is 0 Å². The third-order valence-corrected chi connectivity index (χ3v) is 3.56. The number of anilines is 1. The molecule has 0 unspecified atom stereocenters. The first-order valence-electron chi connectivity index (χ1n) is 5.99. The van der Waals surface area contributed by atoms with Crippen molar-refractivity contribution in [2.45, 2.75) is 11.8 Å². The van der Waals surface area contributed by atoms with E-state index < -0.39 is 16.0 Å². The lowest BCUT2D eigenvalue weighted by Crippen LogP contribution is -2.12. The fraction of sp³-hybridized carbons (Fsp3) is 0.167. The molecule has 0 bridgehead atoms. The van der Waals surface area contributed by atoms with Gasteiger partial charge in [0.1, 0.15) is 5.82 Å². The zero-order chi connectivity index (χ0) is 15.6. The van der Waals surface area contributed by atoms with Crippen molar-refractivity contribution in [3.63, 3.8) is 0 Å². The molecule has 112 valence electrons. The van der Waals surface area contributed by atoms with Gasteiger partial charge in [0.15, 0.2) is 5.69 Å².